The molecule has 29 heavy (non-hydrogen) atoms. The number of amides is 1. The Labute approximate surface area is 168 Å². The summed E-state index contributed by atoms with van der Waals surface area (Å²) in [7, 11) is 1.81. The third-order valence-corrected chi connectivity index (χ3v) is 5.14. The van der Waals surface area contributed by atoms with Gasteiger partial charge in [0.25, 0.3) is 5.91 Å². The average Bonchev–Trinajstić information content (AvgIpc) is 3.29. The Morgan fingerprint density at radius 3 is 2.86 bits per heavy atom. The van der Waals surface area contributed by atoms with E-state index in [1.165, 1.54) is 0 Å². The Hall–Kier alpha value is -3.23. The minimum atomic E-state index is -0.795. The van der Waals surface area contributed by atoms with Crippen molar-refractivity contribution in [1.29, 1.82) is 0 Å². The minimum absolute atomic E-state index is 0.0969. The molecule has 0 aromatic carbocycles. The average molecular weight is 397 g/mol. The highest BCUT2D eigenvalue weighted by Crippen LogP contribution is 2.24. The van der Waals surface area contributed by atoms with Crippen molar-refractivity contribution >= 4 is 28.8 Å². The number of nitrogens with zero attached hydrogens (tertiary/aromatic N) is 6. The lowest BCUT2D eigenvalue weighted by molar-refractivity contribution is -0.114. The van der Waals surface area contributed by atoms with Gasteiger partial charge in [-0.1, -0.05) is 6.08 Å². The van der Waals surface area contributed by atoms with Crippen LogP contribution in [0.15, 0.2) is 47.5 Å². The van der Waals surface area contributed by atoms with Gasteiger partial charge in [-0.2, -0.15) is 10.2 Å². The molecule has 2 aliphatic heterocycles. The lowest BCUT2D eigenvalue weighted by atomic mass is 10.1. The lowest BCUT2D eigenvalue weighted by Gasteiger charge is -2.29. The number of hydrazone groups is 1. The van der Waals surface area contributed by atoms with E-state index in [1.807, 2.05) is 31.0 Å². The van der Waals surface area contributed by atoms with E-state index >= 15 is 0 Å². The number of nitrogens with one attached hydrogen (secondary N) is 1. The van der Waals surface area contributed by atoms with Crippen molar-refractivity contribution in [1.82, 2.24) is 14.8 Å². The molecule has 4 heterocycles. The summed E-state index contributed by atoms with van der Waals surface area (Å²) in [4.78, 5) is 20.7. The molecule has 2 aromatic rings. The summed E-state index contributed by atoms with van der Waals surface area (Å²) in [5.41, 5.74) is 5.64. The predicted molar refractivity (Wildman–Crippen MR) is 111 cm³/mol. The van der Waals surface area contributed by atoms with E-state index in [4.69, 9.17) is 0 Å². The number of hydrogen-bond donors (Lipinski definition) is 1. The molecule has 1 atom stereocenters. The quantitative estimate of drug-likeness (QED) is 0.634. The number of hydrogen-bond acceptors (Lipinski definition) is 6. The second-order valence-electron chi connectivity index (χ2n) is 7.23. The van der Waals surface area contributed by atoms with Crippen LogP contribution in [-0.4, -0.2) is 52.2 Å². The first-order valence-electron chi connectivity index (χ1n) is 9.70. The number of piperidine rings is 1. The van der Waals surface area contributed by atoms with E-state index in [1.54, 1.807) is 34.2 Å². The number of alkyl halides is 1. The van der Waals surface area contributed by atoms with Gasteiger partial charge >= 0.3 is 0 Å². The standard InChI is InChI=1S/C20H24FN7O/c1-3-17-18(13-28(20(17)29)16-10-23-26(2)12-16)25-24-15-6-7-19(22-9-15)27-8-4-5-14(21)11-27/h3,6-7,9-10,12,14,24H,4-5,8,11,13H2,1-2H3/b17-3+,25-18-/t14-/m0/s1. The summed E-state index contributed by atoms with van der Waals surface area (Å²) in [5.74, 6) is 0.666. The molecule has 0 unspecified atom stereocenters. The first kappa shape index (κ1) is 19.1. The monoisotopic (exact) mass is 397 g/mol. The summed E-state index contributed by atoms with van der Waals surface area (Å²) < 4.78 is 15.3. The summed E-state index contributed by atoms with van der Waals surface area (Å²) in [5, 5.41) is 8.56. The van der Waals surface area contributed by atoms with Crippen LogP contribution in [0.3, 0.4) is 0 Å². The summed E-state index contributed by atoms with van der Waals surface area (Å²) >= 11 is 0. The van der Waals surface area contributed by atoms with E-state index in [-0.39, 0.29) is 5.91 Å². The largest absolute Gasteiger partial charge is 0.354 e. The maximum Gasteiger partial charge on any atom is 0.260 e. The highest BCUT2D eigenvalue weighted by Gasteiger charge is 2.33. The topological polar surface area (TPSA) is 78.7 Å². The van der Waals surface area contributed by atoms with Crippen molar-refractivity contribution in [3.05, 3.63) is 42.4 Å². The number of halogens is 1. The molecule has 1 amide bonds. The molecule has 1 N–H and O–H groups in total. The number of pyridine rings is 1. The number of carbonyl (C=O) groups excluding carboxylic acids is 1. The van der Waals surface area contributed by atoms with Crippen molar-refractivity contribution in [2.75, 3.05) is 34.9 Å². The third-order valence-electron chi connectivity index (χ3n) is 5.14. The molecule has 0 saturated carbocycles. The normalized spacial score (nSPS) is 22.7. The smallest absolute Gasteiger partial charge is 0.260 e. The van der Waals surface area contributed by atoms with Gasteiger partial charge in [-0.3, -0.25) is 19.8 Å². The third kappa shape index (κ3) is 3.98. The summed E-state index contributed by atoms with van der Waals surface area (Å²) in [6.45, 7) is 3.40. The van der Waals surface area contributed by atoms with Crippen molar-refractivity contribution in [2.45, 2.75) is 25.9 Å². The molecule has 2 saturated heterocycles. The van der Waals surface area contributed by atoms with E-state index in [9.17, 15) is 9.18 Å². The molecule has 2 aliphatic rings. The van der Waals surface area contributed by atoms with Crippen molar-refractivity contribution in [2.24, 2.45) is 12.1 Å². The van der Waals surface area contributed by atoms with E-state index < -0.39 is 6.17 Å². The van der Waals surface area contributed by atoms with E-state index in [0.717, 1.165) is 24.5 Å². The van der Waals surface area contributed by atoms with Crippen LogP contribution in [0.4, 0.5) is 21.6 Å². The maximum absolute atomic E-state index is 13.6. The van der Waals surface area contributed by atoms with Gasteiger partial charge in [0.05, 0.1) is 48.1 Å². The van der Waals surface area contributed by atoms with Crippen LogP contribution in [0.2, 0.25) is 0 Å². The fourth-order valence-corrected chi connectivity index (χ4v) is 3.62. The van der Waals surface area contributed by atoms with Gasteiger partial charge < -0.3 is 4.90 Å². The zero-order chi connectivity index (χ0) is 20.4. The van der Waals surface area contributed by atoms with Crippen molar-refractivity contribution in [3.63, 3.8) is 0 Å². The number of anilines is 3. The van der Waals surface area contributed by atoms with Gasteiger partial charge in [0.15, 0.2) is 0 Å². The van der Waals surface area contributed by atoms with Gasteiger partial charge in [0, 0.05) is 19.8 Å². The maximum atomic E-state index is 13.6. The van der Waals surface area contributed by atoms with Gasteiger partial charge in [-0.15, -0.1) is 0 Å². The molecule has 0 bridgehead atoms. The number of rotatable bonds is 4. The van der Waals surface area contributed by atoms with Crippen molar-refractivity contribution in [3.8, 4) is 0 Å². The number of aromatic nitrogens is 3. The highest BCUT2D eigenvalue weighted by molar-refractivity contribution is 6.33. The van der Waals surface area contributed by atoms with Crippen LogP contribution >= 0.6 is 0 Å². The fraction of sp³-hybridized carbons (Fsp3) is 0.400. The van der Waals surface area contributed by atoms with Crippen LogP contribution in [0, 0.1) is 0 Å². The molecule has 152 valence electrons. The van der Waals surface area contributed by atoms with Crippen LogP contribution in [0.5, 0.6) is 0 Å². The highest BCUT2D eigenvalue weighted by atomic mass is 19.1. The Morgan fingerprint density at radius 1 is 1.34 bits per heavy atom. The zero-order valence-corrected chi connectivity index (χ0v) is 16.5. The fourth-order valence-electron chi connectivity index (χ4n) is 3.62. The van der Waals surface area contributed by atoms with E-state index in [2.05, 4.69) is 20.6 Å². The Morgan fingerprint density at radius 2 is 2.21 bits per heavy atom. The van der Waals surface area contributed by atoms with Crippen LogP contribution in [-0.2, 0) is 11.8 Å². The van der Waals surface area contributed by atoms with Gasteiger partial charge in [0.1, 0.15) is 12.0 Å². The molecule has 2 aromatic heterocycles. The first-order chi connectivity index (χ1) is 14.0. The lowest BCUT2D eigenvalue weighted by Crippen LogP contribution is -2.36. The molecule has 4 rings (SSSR count). The predicted octanol–water partition coefficient (Wildman–Crippen LogP) is 2.51. The van der Waals surface area contributed by atoms with Gasteiger partial charge in [0.2, 0.25) is 0 Å². The molecule has 9 heteroatoms. The van der Waals surface area contributed by atoms with Crippen molar-refractivity contribution < 1.29 is 9.18 Å². The molecule has 0 spiro atoms. The minimum Gasteiger partial charge on any atom is -0.354 e. The molecule has 2 fully saturated rings. The SMILES string of the molecule is C/C=C1/C(=O)N(c2cnn(C)c2)C/C1=N/Nc1ccc(N2CCC[C@H](F)C2)nc1. The van der Waals surface area contributed by atoms with Crippen LogP contribution in [0.25, 0.3) is 0 Å². The molecule has 8 nitrogen and oxygen atoms in total. The van der Waals surface area contributed by atoms with Crippen LogP contribution < -0.4 is 15.2 Å². The second kappa shape index (κ2) is 8.02. The summed E-state index contributed by atoms with van der Waals surface area (Å²) in [6, 6.07) is 3.72. The van der Waals surface area contributed by atoms with Crippen LogP contribution in [0.1, 0.15) is 19.8 Å². The first-order valence-corrected chi connectivity index (χ1v) is 9.70. The number of allylic oxidation sites excluding steroid dienone is 1. The zero-order valence-electron chi connectivity index (χ0n) is 16.5. The van der Waals surface area contributed by atoms with Gasteiger partial charge in [-0.25, -0.2) is 9.37 Å². The second-order valence-corrected chi connectivity index (χ2v) is 7.23. The Balaban J connectivity index is 1.46. The Bertz CT molecular complexity index is 950. The van der Waals surface area contributed by atoms with Gasteiger partial charge in [-0.05, 0) is 31.9 Å². The molecular formula is C20H24FN7O. The number of aryl methyl sites for hydroxylation is 1. The molecular weight excluding hydrogens is 373 g/mol. The van der Waals surface area contributed by atoms with E-state index in [0.29, 0.717) is 36.5 Å². The molecule has 0 aliphatic carbocycles. The molecule has 0 radical (unpaired) electrons. The Kier molecular flexibility index (Phi) is 5.28. The summed E-state index contributed by atoms with van der Waals surface area (Å²) in [6.07, 6.45) is 7.56. The number of carbonyl (C=O) groups is 1.